The van der Waals surface area contributed by atoms with Gasteiger partial charge in [0.25, 0.3) is 0 Å². The first-order valence-electron chi connectivity index (χ1n) is 9.03. The van der Waals surface area contributed by atoms with Crippen molar-refractivity contribution in [2.45, 2.75) is 0 Å². The van der Waals surface area contributed by atoms with E-state index < -0.39 is 0 Å². The zero-order valence-electron chi connectivity index (χ0n) is 15.3. The number of piperazine rings is 1. The lowest BCUT2D eigenvalue weighted by Gasteiger charge is -2.34. The van der Waals surface area contributed by atoms with Crippen molar-refractivity contribution in [1.29, 1.82) is 0 Å². The van der Waals surface area contributed by atoms with E-state index in [2.05, 4.69) is 51.1 Å². The highest BCUT2D eigenvalue weighted by Gasteiger charge is 2.15. The molecule has 2 aromatic carbocycles. The number of aromatic nitrogens is 2. The van der Waals surface area contributed by atoms with Crippen LogP contribution in [-0.4, -0.2) is 48.1 Å². The molecule has 138 valence electrons. The smallest absolute Gasteiger partial charge is 0.221 e. The van der Waals surface area contributed by atoms with Crippen LogP contribution in [0.15, 0.2) is 54.6 Å². The van der Waals surface area contributed by atoms with Gasteiger partial charge in [0.05, 0.1) is 11.4 Å². The number of benzene rings is 2. The lowest BCUT2D eigenvalue weighted by atomic mass is 10.1. The van der Waals surface area contributed by atoms with E-state index >= 15 is 0 Å². The van der Waals surface area contributed by atoms with Gasteiger partial charge in [-0.15, -0.1) is 0 Å². The van der Waals surface area contributed by atoms with E-state index in [0.717, 1.165) is 48.7 Å². The molecule has 0 unspecified atom stereocenters. The summed E-state index contributed by atoms with van der Waals surface area (Å²) in [6, 6.07) is 18.0. The third kappa shape index (κ3) is 3.89. The number of likely N-dealkylation sites (N-methyl/N-ethyl adjacent to an activating group) is 1. The topological polar surface area (TPSA) is 58.3 Å². The molecule has 0 bridgehead atoms. The van der Waals surface area contributed by atoms with Gasteiger partial charge in [-0.05, 0) is 31.3 Å². The number of rotatable bonds is 3. The van der Waals surface area contributed by atoms with Gasteiger partial charge >= 0.3 is 0 Å². The van der Waals surface area contributed by atoms with Crippen molar-refractivity contribution in [2.75, 3.05) is 43.9 Å². The van der Waals surface area contributed by atoms with E-state index in [9.17, 15) is 0 Å². The van der Waals surface area contributed by atoms with Crippen molar-refractivity contribution in [3.63, 3.8) is 0 Å². The summed E-state index contributed by atoms with van der Waals surface area (Å²) in [6.45, 7) is 4.27. The Labute approximate surface area is 164 Å². The summed E-state index contributed by atoms with van der Waals surface area (Å²) in [5, 5.41) is 0.645. The molecule has 0 aliphatic carbocycles. The number of nitrogens with zero attached hydrogens (tertiary/aromatic N) is 4. The molecular formula is C21H22ClN5. The molecule has 1 fully saturated rings. The van der Waals surface area contributed by atoms with Gasteiger partial charge in [0, 0.05) is 48.0 Å². The predicted molar refractivity (Wildman–Crippen MR) is 112 cm³/mol. The maximum Gasteiger partial charge on any atom is 0.221 e. The number of hydrogen-bond acceptors (Lipinski definition) is 5. The van der Waals surface area contributed by atoms with Crippen LogP contribution in [0.25, 0.3) is 22.5 Å². The highest BCUT2D eigenvalue weighted by molar-refractivity contribution is 6.33. The molecule has 0 amide bonds. The largest absolute Gasteiger partial charge is 0.369 e. The van der Waals surface area contributed by atoms with Gasteiger partial charge in [-0.25, -0.2) is 9.97 Å². The molecule has 1 aliphatic rings. The fraction of sp³-hybridized carbons (Fsp3) is 0.238. The van der Waals surface area contributed by atoms with Crippen LogP contribution in [0, 0.1) is 0 Å². The molecule has 1 aromatic heterocycles. The second-order valence-corrected chi connectivity index (χ2v) is 7.22. The van der Waals surface area contributed by atoms with E-state index in [1.165, 1.54) is 5.69 Å². The molecule has 0 spiro atoms. The Hall–Kier alpha value is -2.63. The average molecular weight is 380 g/mol. The Bertz CT molecular complexity index is 934. The van der Waals surface area contributed by atoms with Crippen molar-refractivity contribution < 1.29 is 0 Å². The van der Waals surface area contributed by atoms with E-state index in [1.807, 2.05) is 30.3 Å². The van der Waals surface area contributed by atoms with E-state index in [0.29, 0.717) is 5.02 Å². The summed E-state index contributed by atoms with van der Waals surface area (Å²) in [6.07, 6.45) is 0. The first-order valence-corrected chi connectivity index (χ1v) is 9.41. The molecule has 2 N–H and O–H groups in total. The third-order valence-electron chi connectivity index (χ3n) is 4.92. The average Bonchev–Trinajstić information content (AvgIpc) is 2.69. The zero-order valence-corrected chi connectivity index (χ0v) is 16.0. The van der Waals surface area contributed by atoms with Crippen LogP contribution in [0.4, 0.5) is 11.6 Å². The number of nitrogen functional groups attached to an aromatic ring is 1. The van der Waals surface area contributed by atoms with Gasteiger partial charge in [-0.3, -0.25) is 0 Å². The van der Waals surface area contributed by atoms with Crippen molar-refractivity contribution in [3.8, 4) is 22.5 Å². The summed E-state index contributed by atoms with van der Waals surface area (Å²) < 4.78 is 0. The lowest BCUT2D eigenvalue weighted by Crippen LogP contribution is -2.44. The Kier molecular flexibility index (Phi) is 4.97. The molecular weight excluding hydrogens is 358 g/mol. The van der Waals surface area contributed by atoms with Crippen LogP contribution >= 0.6 is 11.6 Å². The van der Waals surface area contributed by atoms with Crippen LogP contribution in [0.3, 0.4) is 0 Å². The van der Waals surface area contributed by atoms with Gasteiger partial charge in [0.1, 0.15) is 0 Å². The van der Waals surface area contributed by atoms with Crippen molar-refractivity contribution in [2.24, 2.45) is 0 Å². The molecule has 4 rings (SSSR count). The van der Waals surface area contributed by atoms with Crippen molar-refractivity contribution in [1.82, 2.24) is 14.9 Å². The minimum atomic E-state index is 0.241. The summed E-state index contributed by atoms with van der Waals surface area (Å²) >= 11 is 6.32. The Morgan fingerprint density at radius 3 is 2.26 bits per heavy atom. The monoisotopic (exact) mass is 379 g/mol. The highest BCUT2D eigenvalue weighted by atomic mass is 35.5. The number of anilines is 2. The third-order valence-corrected chi connectivity index (χ3v) is 5.25. The normalized spacial score (nSPS) is 15.1. The zero-order chi connectivity index (χ0) is 18.8. The second-order valence-electron chi connectivity index (χ2n) is 6.81. The Morgan fingerprint density at radius 1 is 0.889 bits per heavy atom. The quantitative estimate of drug-likeness (QED) is 0.750. The van der Waals surface area contributed by atoms with Crippen LogP contribution in [-0.2, 0) is 0 Å². The maximum absolute atomic E-state index is 6.32. The van der Waals surface area contributed by atoms with Gasteiger partial charge in [0.2, 0.25) is 5.95 Å². The number of hydrogen-bond donors (Lipinski definition) is 1. The van der Waals surface area contributed by atoms with Gasteiger partial charge in [-0.1, -0.05) is 41.9 Å². The van der Waals surface area contributed by atoms with E-state index in [-0.39, 0.29) is 5.95 Å². The number of halogens is 1. The van der Waals surface area contributed by atoms with Crippen LogP contribution < -0.4 is 10.6 Å². The molecule has 6 heteroatoms. The summed E-state index contributed by atoms with van der Waals surface area (Å²) in [7, 11) is 2.16. The fourth-order valence-electron chi connectivity index (χ4n) is 3.33. The van der Waals surface area contributed by atoms with Gasteiger partial charge in [0.15, 0.2) is 0 Å². The molecule has 0 atom stereocenters. The molecule has 5 nitrogen and oxygen atoms in total. The van der Waals surface area contributed by atoms with Crippen molar-refractivity contribution >= 4 is 23.2 Å². The van der Waals surface area contributed by atoms with E-state index in [4.69, 9.17) is 17.3 Å². The molecule has 2 heterocycles. The SMILES string of the molecule is CN1CCN(c2ccc(-c3cc(-c4ccccc4Cl)nc(N)n3)cc2)CC1. The van der Waals surface area contributed by atoms with E-state index in [1.54, 1.807) is 0 Å². The molecule has 27 heavy (non-hydrogen) atoms. The summed E-state index contributed by atoms with van der Waals surface area (Å²) in [5.74, 6) is 0.241. The van der Waals surface area contributed by atoms with Crippen LogP contribution in [0.5, 0.6) is 0 Å². The molecule has 3 aromatic rings. The lowest BCUT2D eigenvalue weighted by molar-refractivity contribution is 0.313. The summed E-state index contributed by atoms with van der Waals surface area (Å²) in [4.78, 5) is 13.5. The molecule has 0 radical (unpaired) electrons. The fourth-order valence-corrected chi connectivity index (χ4v) is 3.56. The second kappa shape index (κ2) is 7.55. The highest BCUT2D eigenvalue weighted by Crippen LogP contribution is 2.30. The first kappa shape index (κ1) is 17.8. The van der Waals surface area contributed by atoms with Crippen LogP contribution in [0.1, 0.15) is 0 Å². The Balaban J connectivity index is 1.63. The first-order chi connectivity index (χ1) is 13.1. The maximum atomic E-state index is 6.32. The van der Waals surface area contributed by atoms with Crippen LogP contribution in [0.2, 0.25) is 5.02 Å². The molecule has 1 saturated heterocycles. The molecule has 0 saturated carbocycles. The molecule has 1 aliphatic heterocycles. The minimum absolute atomic E-state index is 0.241. The Morgan fingerprint density at radius 2 is 1.56 bits per heavy atom. The standard InChI is InChI=1S/C21H22ClN5/c1-26-10-12-27(13-11-26)16-8-6-15(7-9-16)19-14-20(25-21(23)24-19)17-4-2-3-5-18(17)22/h2-9,14H,10-13H2,1H3,(H2,23,24,25). The summed E-state index contributed by atoms with van der Waals surface area (Å²) in [5.41, 5.74) is 10.6. The number of nitrogens with two attached hydrogens (primary N) is 1. The van der Waals surface area contributed by atoms with Crippen molar-refractivity contribution in [3.05, 3.63) is 59.6 Å². The predicted octanol–water partition coefficient (Wildman–Crippen LogP) is 3.80. The minimum Gasteiger partial charge on any atom is -0.369 e. The van der Waals surface area contributed by atoms with Gasteiger partial charge in [-0.2, -0.15) is 0 Å². The van der Waals surface area contributed by atoms with Gasteiger partial charge < -0.3 is 15.5 Å².